The van der Waals surface area contributed by atoms with Crippen molar-refractivity contribution >= 4 is 5.91 Å². The highest BCUT2D eigenvalue weighted by atomic mass is 19.1. The summed E-state index contributed by atoms with van der Waals surface area (Å²) >= 11 is 0. The normalized spacial score (nSPS) is 19.5. The molecule has 19 heavy (non-hydrogen) atoms. The van der Waals surface area contributed by atoms with Crippen LogP contribution in [0.2, 0.25) is 0 Å². The molecule has 0 bridgehead atoms. The minimum Gasteiger partial charge on any atom is -0.338 e. The first-order chi connectivity index (χ1) is 9.10. The van der Waals surface area contributed by atoms with Crippen molar-refractivity contribution in [1.82, 2.24) is 10.2 Å². The van der Waals surface area contributed by atoms with Crippen molar-refractivity contribution in [3.63, 3.8) is 0 Å². The van der Waals surface area contributed by atoms with Gasteiger partial charge in [-0.25, -0.2) is 8.78 Å². The van der Waals surface area contributed by atoms with Gasteiger partial charge in [-0.15, -0.1) is 0 Å². The summed E-state index contributed by atoms with van der Waals surface area (Å²) in [6.07, 6.45) is 2.00. The molecule has 1 amide bonds. The zero-order valence-corrected chi connectivity index (χ0v) is 11.0. The van der Waals surface area contributed by atoms with E-state index >= 15 is 0 Å². The molecule has 0 aliphatic carbocycles. The quantitative estimate of drug-likeness (QED) is 0.910. The highest BCUT2D eigenvalue weighted by Gasteiger charge is 2.24. The van der Waals surface area contributed by atoms with Crippen LogP contribution < -0.4 is 5.32 Å². The first-order valence-corrected chi connectivity index (χ1v) is 6.50. The average Bonchev–Trinajstić information content (AvgIpc) is 2.37. The van der Waals surface area contributed by atoms with E-state index in [0.29, 0.717) is 19.0 Å². The second kappa shape index (κ2) is 6.10. The van der Waals surface area contributed by atoms with Crippen molar-refractivity contribution < 1.29 is 13.6 Å². The van der Waals surface area contributed by atoms with Gasteiger partial charge >= 0.3 is 0 Å². The molecule has 1 N–H and O–H groups in total. The van der Waals surface area contributed by atoms with Crippen LogP contribution in [-0.4, -0.2) is 37.5 Å². The molecule has 1 unspecified atom stereocenters. The number of rotatable bonds is 3. The van der Waals surface area contributed by atoms with Crippen LogP contribution in [0.4, 0.5) is 8.78 Å². The van der Waals surface area contributed by atoms with E-state index in [9.17, 15) is 13.6 Å². The number of hydrogen-bond donors (Lipinski definition) is 1. The summed E-state index contributed by atoms with van der Waals surface area (Å²) in [6.45, 7) is 2.14. The fraction of sp³-hybridized carbons (Fsp3) is 0.500. The number of carbonyl (C=O) groups excluding carboxylic acids is 1. The standard InChI is InChI=1S/C14H18F2N2O/c1-17-8-10-3-2-4-18(9-10)14(19)11-5-12(15)7-13(16)6-11/h5-7,10,17H,2-4,8-9H2,1H3. The minimum absolute atomic E-state index is 0.0857. The summed E-state index contributed by atoms with van der Waals surface area (Å²) in [5.74, 6) is -1.32. The molecule has 0 radical (unpaired) electrons. The molecule has 104 valence electrons. The first kappa shape index (κ1) is 13.9. The molecule has 1 saturated heterocycles. The van der Waals surface area contributed by atoms with E-state index in [1.54, 1.807) is 4.90 Å². The van der Waals surface area contributed by atoms with Crippen LogP contribution in [0.1, 0.15) is 23.2 Å². The van der Waals surface area contributed by atoms with Crippen molar-refractivity contribution in [3.8, 4) is 0 Å². The molecule has 1 atom stereocenters. The van der Waals surface area contributed by atoms with Gasteiger partial charge in [0, 0.05) is 24.7 Å². The molecule has 5 heteroatoms. The van der Waals surface area contributed by atoms with Gasteiger partial charge in [-0.1, -0.05) is 0 Å². The average molecular weight is 268 g/mol. The van der Waals surface area contributed by atoms with Crippen LogP contribution in [-0.2, 0) is 0 Å². The summed E-state index contributed by atoms with van der Waals surface area (Å²) in [6, 6.07) is 2.96. The van der Waals surface area contributed by atoms with Gasteiger partial charge in [0.25, 0.3) is 5.91 Å². The molecule has 1 aliphatic heterocycles. The molecule has 1 aromatic carbocycles. The Balaban J connectivity index is 2.10. The van der Waals surface area contributed by atoms with Crippen LogP contribution in [0.15, 0.2) is 18.2 Å². The molecule has 0 aromatic heterocycles. The van der Waals surface area contributed by atoms with Crippen LogP contribution >= 0.6 is 0 Å². The fourth-order valence-electron chi connectivity index (χ4n) is 2.56. The smallest absolute Gasteiger partial charge is 0.254 e. The van der Waals surface area contributed by atoms with Crippen molar-refractivity contribution in [2.24, 2.45) is 5.92 Å². The third kappa shape index (κ3) is 3.50. The molecule has 1 heterocycles. The lowest BCUT2D eigenvalue weighted by Gasteiger charge is -2.32. The molecular formula is C14H18F2N2O. The third-order valence-electron chi connectivity index (χ3n) is 3.41. The molecule has 1 aliphatic rings. The van der Waals surface area contributed by atoms with Crippen molar-refractivity contribution in [1.29, 1.82) is 0 Å². The summed E-state index contributed by atoms with van der Waals surface area (Å²) in [4.78, 5) is 13.9. The van der Waals surface area contributed by atoms with Crippen LogP contribution in [0.5, 0.6) is 0 Å². The van der Waals surface area contributed by atoms with Gasteiger partial charge < -0.3 is 10.2 Å². The zero-order chi connectivity index (χ0) is 13.8. The maximum absolute atomic E-state index is 13.1. The van der Waals surface area contributed by atoms with Gasteiger partial charge in [-0.2, -0.15) is 0 Å². The topological polar surface area (TPSA) is 32.3 Å². The van der Waals surface area contributed by atoms with E-state index in [1.165, 1.54) is 0 Å². The second-order valence-electron chi connectivity index (χ2n) is 4.98. The summed E-state index contributed by atoms with van der Waals surface area (Å²) in [5.41, 5.74) is 0.0857. The number of amides is 1. The molecule has 0 saturated carbocycles. The number of likely N-dealkylation sites (tertiary alicyclic amines) is 1. The summed E-state index contributed by atoms with van der Waals surface area (Å²) in [5, 5.41) is 3.10. The molecule has 3 nitrogen and oxygen atoms in total. The number of nitrogens with zero attached hydrogens (tertiary/aromatic N) is 1. The Morgan fingerprint density at radius 3 is 2.68 bits per heavy atom. The lowest BCUT2D eigenvalue weighted by atomic mass is 9.97. The largest absolute Gasteiger partial charge is 0.338 e. The van der Waals surface area contributed by atoms with Crippen molar-refractivity contribution in [3.05, 3.63) is 35.4 Å². The Morgan fingerprint density at radius 2 is 2.05 bits per heavy atom. The van der Waals surface area contributed by atoms with E-state index in [-0.39, 0.29) is 11.5 Å². The van der Waals surface area contributed by atoms with Gasteiger partial charge in [-0.05, 0) is 44.5 Å². The Morgan fingerprint density at radius 1 is 1.37 bits per heavy atom. The predicted octanol–water partition coefficient (Wildman–Crippen LogP) is 2.04. The summed E-state index contributed by atoms with van der Waals surface area (Å²) in [7, 11) is 1.88. The Kier molecular flexibility index (Phi) is 4.47. The number of benzene rings is 1. The van der Waals surface area contributed by atoms with Gasteiger partial charge in [0.1, 0.15) is 11.6 Å². The van der Waals surface area contributed by atoms with Crippen LogP contribution in [0, 0.1) is 17.6 Å². The summed E-state index contributed by atoms with van der Waals surface area (Å²) < 4.78 is 26.3. The van der Waals surface area contributed by atoms with E-state index in [2.05, 4.69) is 5.32 Å². The number of carbonyl (C=O) groups is 1. The highest BCUT2D eigenvalue weighted by Crippen LogP contribution is 2.19. The third-order valence-corrected chi connectivity index (χ3v) is 3.41. The van der Waals surface area contributed by atoms with E-state index in [4.69, 9.17) is 0 Å². The van der Waals surface area contributed by atoms with E-state index in [0.717, 1.165) is 37.6 Å². The number of halogens is 2. The molecular weight excluding hydrogens is 250 g/mol. The van der Waals surface area contributed by atoms with E-state index < -0.39 is 11.6 Å². The lowest BCUT2D eigenvalue weighted by molar-refractivity contribution is 0.0673. The first-order valence-electron chi connectivity index (χ1n) is 6.50. The Labute approximate surface area is 111 Å². The maximum atomic E-state index is 13.1. The minimum atomic E-state index is -0.716. The monoisotopic (exact) mass is 268 g/mol. The van der Waals surface area contributed by atoms with Crippen LogP contribution in [0.3, 0.4) is 0 Å². The SMILES string of the molecule is CNCC1CCCN(C(=O)c2cc(F)cc(F)c2)C1. The van der Waals surface area contributed by atoms with Gasteiger partial charge in [-0.3, -0.25) is 4.79 Å². The van der Waals surface area contributed by atoms with Gasteiger partial charge in [0.2, 0.25) is 0 Å². The molecule has 2 rings (SSSR count). The lowest BCUT2D eigenvalue weighted by Crippen LogP contribution is -2.42. The maximum Gasteiger partial charge on any atom is 0.254 e. The predicted molar refractivity (Wildman–Crippen MR) is 68.9 cm³/mol. The molecule has 0 spiro atoms. The van der Waals surface area contributed by atoms with E-state index in [1.807, 2.05) is 7.05 Å². The number of piperidine rings is 1. The van der Waals surface area contributed by atoms with Gasteiger partial charge in [0.15, 0.2) is 0 Å². The highest BCUT2D eigenvalue weighted by molar-refractivity contribution is 5.94. The van der Waals surface area contributed by atoms with Gasteiger partial charge in [0.05, 0.1) is 0 Å². The Hall–Kier alpha value is -1.49. The number of nitrogens with one attached hydrogen (secondary N) is 1. The number of hydrogen-bond acceptors (Lipinski definition) is 2. The molecule has 1 fully saturated rings. The Bertz CT molecular complexity index is 443. The fourth-order valence-corrected chi connectivity index (χ4v) is 2.56. The molecule has 1 aromatic rings. The van der Waals surface area contributed by atoms with Crippen LogP contribution in [0.25, 0.3) is 0 Å². The van der Waals surface area contributed by atoms with Crippen molar-refractivity contribution in [2.45, 2.75) is 12.8 Å². The van der Waals surface area contributed by atoms with Crippen molar-refractivity contribution in [2.75, 3.05) is 26.7 Å². The second-order valence-corrected chi connectivity index (χ2v) is 4.98. The zero-order valence-electron chi connectivity index (χ0n) is 11.0.